The Balaban J connectivity index is 1.68. The lowest BCUT2D eigenvalue weighted by Gasteiger charge is -2.32. The van der Waals surface area contributed by atoms with E-state index in [2.05, 4.69) is 10.2 Å². The fourth-order valence-electron chi connectivity index (χ4n) is 6.25. The second-order valence-corrected chi connectivity index (χ2v) is 13.8. The molecule has 0 radical (unpaired) electrons. The van der Waals surface area contributed by atoms with Crippen LogP contribution in [-0.4, -0.2) is 112 Å². The maximum Gasteiger partial charge on any atom is 0.407 e. The van der Waals surface area contributed by atoms with Crippen molar-refractivity contribution in [1.82, 2.24) is 10.2 Å². The number of aliphatic hydroxyl groups excluding tert-OH is 3. The first-order valence-electron chi connectivity index (χ1n) is 17.0. The van der Waals surface area contributed by atoms with Crippen molar-refractivity contribution < 1.29 is 44.2 Å². The molecule has 3 heterocycles. The predicted molar refractivity (Wildman–Crippen MR) is 175 cm³/mol. The Hall–Kier alpha value is -2.28. The Morgan fingerprint density at radius 2 is 1.91 bits per heavy atom. The highest BCUT2D eigenvalue weighted by Gasteiger charge is 2.50. The van der Waals surface area contributed by atoms with Gasteiger partial charge in [0.15, 0.2) is 6.10 Å². The van der Waals surface area contributed by atoms with Crippen LogP contribution < -0.4 is 5.32 Å². The molecule has 46 heavy (non-hydrogen) atoms. The van der Waals surface area contributed by atoms with Gasteiger partial charge in [0.1, 0.15) is 17.8 Å². The first kappa shape index (κ1) is 38.2. The quantitative estimate of drug-likeness (QED) is 0.0918. The van der Waals surface area contributed by atoms with E-state index in [0.29, 0.717) is 13.0 Å². The third kappa shape index (κ3) is 11.5. The molecule has 262 valence electrons. The number of nitrogens with one attached hydrogen (secondary N) is 1. The highest BCUT2D eigenvalue weighted by atomic mass is 16.6. The molecule has 11 nitrogen and oxygen atoms in total. The van der Waals surface area contributed by atoms with E-state index in [0.717, 1.165) is 38.0 Å². The van der Waals surface area contributed by atoms with Gasteiger partial charge in [0.25, 0.3) is 0 Å². The van der Waals surface area contributed by atoms with Gasteiger partial charge in [-0.1, -0.05) is 52.0 Å². The van der Waals surface area contributed by atoms with Crippen LogP contribution in [0, 0.1) is 17.8 Å². The van der Waals surface area contributed by atoms with E-state index in [1.54, 1.807) is 19.1 Å². The molecule has 0 spiro atoms. The summed E-state index contributed by atoms with van der Waals surface area (Å²) in [6.07, 6.45) is 6.78. The highest BCUT2D eigenvalue weighted by Crippen LogP contribution is 2.37. The summed E-state index contributed by atoms with van der Waals surface area (Å²) in [5.41, 5.74) is -0.747. The third-order valence-corrected chi connectivity index (χ3v) is 9.66. The summed E-state index contributed by atoms with van der Waals surface area (Å²) in [6, 6.07) is 0. The van der Waals surface area contributed by atoms with Crippen LogP contribution in [0.3, 0.4) is 0 Å². The lowest BCUT2D eigenvalue weighted by molar-refractivity contribution is -0.151. The Bertz CT molecular complexity index is 1070. The number of carbonyl (C=O) groups excluding carboxylic acids is 2. The molecule has 0 aromatic carbocycles. The monoisotopic (exact) mass is 650 g/mol. The molecule has 2 saturated heterocycles. The van der Waals surface area contributed by atoms with E-state index in [-0.39, 0.29) is 49.2 Å². The van der Waals surface area contributed by atoms with E-state index >= 15 is 0 Å². The molecule has 11 heteroatoms. The van der Waals surface area contributed by atoms with Crippen LogP contribution in [0.5, 0.6) is 0 Å². The SMILES string of the molecule is CCC(O)C(C)C1OC1C(O)C(C)/C=C/C=C(\C)C1OC(=O)CC(O)CCC(C)(O)C(OC(=O)NCCN2CCCC2)/C=C/C1C. The number of rotatable bonds is 12. The van der Waals surface area contributed by atoms with Crippen molar-refractivity contribution in [2.45, 2.75) is 128 Å². The van der Waals surface area contributed by atoms with Crippen LogP contribution >= 0.6 is 0 Å². The fraction of sp³-hybridized carbons (Fsp3) is 0.771. The van der Waals surface area contributed by atoms with Gasteiger partial charge in [0, 0.05) is 30.8 Å². The minimum absolute atomic E-state index is 0.0605. The summed E-state index contributed by atoms with van der Waals surface area (Å²) in [7, 11) is 0. The topological polar surface area (TPSA) is 161 Å². The van der Waals surface area contributed by atoms with Gasteiger partial charge < -0.3 is 44.9 Å². The van der Waals surface area contributed by atoms with E-state index < -0.39 is 48.2 Å². The normalized spacial score (nSPS) is 34.9. The van der Waals surface area contributed by atoms with Crippen molar-refractivity contribution in [3.63, 3.8) is 0 Å². The molecule has 5 N–H and O–H groups in total. The summed E-state index contributed by atoms with van der Waals surface area (Å²) in [6.45, 7) is 14.2. The zero-order valence-corrected chi connectivity index (χ0v) is 28.5. The van der Waals surface area contributed by atoms with Crippen molar-refractivity contribution >= 4 is 12.1 Å². The number of cyclic esters (lactones) is 1. The summed E-state index contributed by atoms with van der Waals surface area (Å²) >= 11 is 0. The zero-order chi connectivity index (χ0) is 34.0. The number of allylic oxidation sites excluding steroid dienone is 2. The number of nitrogens with zero attached hydrogens (tertiary/aromatic N) is 1. The predicted octanol–water partition coefficient (Wildman–Crippen LogP) is 3.25. The van der Waals surface area contributed by atoms with Gasteiger partial charge in [-0.3, -0.25) is 4.79 Å². The van der Waals surface area contributed by atoms with E-state index in [4.69, 9.17) is 14.2 Å². The number of likely N-dealkylation sites (tertiary alicyclic amines) is 1. The average molecular weight is 651 g/mol. The van der Waals surface area contributed by atoms with Crippen molar-refractivity contribution in [1.29, 1.82) is 0 Å². The summed E-state index contributed by atoms with van der Waals surface area (Å²) in [5.74, 6) is -1.20. The largest absolute Gasteiger partial charge is 0.457 e. The van der Waals surface area contributed by atoms with Crippen LogP contribution in [0.1, 0.15) is 80.1 Å². The standard InChI is InChI=1S/C35H58N2O9/c1-7-27(39)25(5)32-33(46-32)30(41)22(2)11-10-12-23(3)31-24(4)13-14-28(35(6,43)16-15-26(38)21-29(40)45-31)44-34(42)36-17-20-37-18-8-9-19-37/h10-14,22,24-28,30-33,38-39,41,43H,7-9,15-21H2,1-6H3,(H,36,42)/b11-10+,14-13+,23-12+. The highest BCUT2D eigenvalue weighted by molar-refractivity contribution is 5.70. The Kier molecular flexibility index (Phi) is 14.7. The molecule has 3 rings (SSSR count). The minimum atomic E-state index is -1.48. The first-order valence-corrected chi connectivity index (χ1v) is 17.0. The molecule has 11 atom stereocenters. The molecule has 0 saturated carbocycles. The lowest BCUT2D eigenvalue weighted by atomic mass is 9.88. The van der Waals surface area contributed by atoms with E-state index in [9.17, 15) is 30.0 Å². The number of ether oxygens (including phenoxy) is 3. The lowest BCUT2D eigenvalue weighted by Crippen LogP contribution is -2.45. The molecular weight excluding hydrogens is 592 g/mol. The molecule has 2 fully saturated rings. The summed E-state index contributed by atoms with van der Waals surface area (Å²) in [5, 5.41) is 45.6. The van der Waals surface area contributed by atoms with Crippen molar-refractivity contribution in [3.05, 3.63) is 36.0 Å². The van der Waals surface area contributed by atoms with Gasteiger partial charge in [-0.15, -0.1) is 0 Å². The maximum absolute atomic E-state index is 12.8. The molecule has 0 aliphatic carbocycles. The van der Waals surface area contributed by atoms with Gasteiger partial charge in [-0.25, -0.2) is 4.79 Å². The van der Waals surface area contributed by atoms with Gasteiger partial charge in [0.05, 0.1) is 30.8 Å². The molecular formula is C35H58N2O9. The molecule has 3 aliphatic rings. The summed E-state index contributed by atoms with van der Waals surface area (Å²) < 4.78 is 17.2. The number of carbonyl (C=O) groups is 2. The number of esters is 1. The second kappa shape index (κ2) is 17.8. The zero-order valence-electron chi connectivity index (χ0n) is 28.5. The van der Waals surface area contributed by atoms with E-state index in [1.165, 1.54) is 0 Å². The van der Waals surface area contributed by atoms with Crippen LogP contribution in [0.2, 0.25) is 0 Å². The van der Waals surface area contributed by atoms with Crippen molar-refractivity contribution in [3.8, 4) is 0 Å². The molecule has 3 aliphatic heterocycles. The van der Waals surface area contributed by atoms with Crippen LogP contribution in [0.15, 0.2) is 36.0 Å². The van der Waals surface area contributed by atoms with Crippen molar-refractivity contribution in [2.24, 2.45) is 17.8 Å². The Labute approximate surface area is 274 Å². The maximum atomic E-state index is 12.8. The number of alkyl carbamates (subject to hydrolysis) is 1. The number of amides is 1. The van der Waals surface area contributed by atoms with Crippen LogP contribution in [0.4, 0.5) is 4.79 Å². The van der Waals surface area contributed by atoms with Crippen molar-refractivity contribution in [2.75, 3.05) is 26.2 Å². The fourth-order valence-corrected chi connectivity index (χ4v) is 6.25. The molecule has 0 bridgehead atoms. The number of hydrogen-bond donors (Lipinski definition) is 5. The molecule has 11 unspecified atom stereocenters. The first-order chi connectivity index (χ1) is 21.7. The molecule has 0 aromatic rings. The van der Waals surface area contributed by atoms with Gasteiger partial charge >= 0.3 is 12.1 Å². The van der Waals surface area contributed by atoms with E-state index in [1.807, 2.05) is 52.8 Å². The van der Waals surface area contributed by atoms with Gasteiger partial charge in [0.2, 0.25) is 0 Å². The number of hydrogen-bond acceptors (Lipinski definition) is 10. The molecule has 1 amide bonds. The summed E-state index contributed by atoms with van der Waals surface area (Å²) in [4.78, 5) is 27.8. The van der Waals surface area contributed by atoms with Gasteiger partial charge in [-0.05, 0) is 70.7 Å². The third-order valence-electron chi connectivity index (χ3n) is 9.66. The average Bonchev–Trinajstić information content (AvgIpc) is 3.64. The second-order valence-electron chi connectivity index (χ2n) is 13.8. The van der Waals surface area contributed by atoms with Gasteiger partial charge in [-0.2, -0.15) is 0 Å². The Morgan fingerprint density at radius 1 is 1.22 bits per heavy atom. The van der Waals surface area contributed by atoms with Crippen LogP contribution in [0.25, 0.3) is 0 Å². The van der Waals surface area contributed by atoms with Crippen LogP contribution in [-0.2, 0) is 19.0 Å². The smallest absolute Gasteiger partial charge is 0.407 e. The number of epoxide rings is 1. The Morgan fingerprint density at radius 3 is 2.59 bits per heavy atom. The molecule has 0 aromatic heterocycles. The number of aliphatic hydroxyl groups is 4. The minimum Gasteiger partial charge on any atom is -0.457 e.